The van der Waals surface area contributed by atoms with Crippen LogP contribution in [0.4, 0.5) is 5.69 Å². The lowest BCUT2D eigenvalue weighted by atomic mass is 10.3. The third kappa shape index (κ3) is 3.22. The molecule has 0 fully saturated rings. The van der Waals surface area contributed by atoms with Crippen molar-refractivity contribution >= 4 is 38.9 Å². The number of nitrogens with one attached hydrogen (secondary N) is 1. The summed E-state index contributed by atoms with van der Waals surface area (Å²) < 4.78 is 24.9. The van der Waals surface area contributed by atoms with Gasteiger partial charge in [-0.2, -0.15) is 4.68 Å². The monoisotopic (exact) mass is 383 g/mol. The van der Waals surface area contributed by atoms with Gasteiger partial charge in [-0.05, 0) is 18.2 Å². The molecule has 3 N–H and O–H groups in total. The molecular weight excluding hydrogens is 374 g/mol. The first-order valence-corrected chi connectivity index (χ1v) is 8.51. The minimum atomic E-state index is -4.00. The Bertz CT molecular complexity index is 1170. The lowest BCUT2D eigenvalue weighted by Gasteiger charge is -2.06. The number of rotatable bonds is 3. The van der Waals surface area contributed by atoms with Crippen LogP contribution in [0.15, 0.2) is 34.2 Å². The molecule has 2 heterocycles. The number of aryl methyl sites for hydroxylation is 1. The van der Waals surface area contributed by atoms with E-state index in [2.05, 4.69) is 20.6 Å². The molecule has 1 aromatic carbocycles. The van der Waals surface area contributed by atoms with E-state index in [4.69, 9.17) is 16.7 Å². The van der Waals surface area contributed by atoms with Crippen molar-refractivity contribution in [1.29, 1.82) is 0 Å². The molecule has 1 amide bonds. The number of aromatic nitrogens is 5. The Kier molecular flexibility index (Phi) is 4.02. The van der Waals surface area contributed by atoms with Crippen LogP contribution in [0.3, 0.4) is 0 Å². The number of primary sulfonamides is 1. The van der Waals surface area contributed by atoms with Crippen molar-refractivity contribution in [3.63, 3.8) is 0 Å². The van der Waals surface area contributed by atoms with Crippen LogP contribution in [-0.4, -0.2) is 38.7 Å². The molecule has 0 atom stereocenters. The number of fused-ring (bicyclic) bond motifs is 1. The van der Waals surface area contributed by atoms with Crippen molar-refractivity contribution in [2.45, 2.75) is 4.90 Å². The lowest BCUT2D eigenvalue weighted by molar-refractivity contribution is 0.102. The van der Waals surface area contributed by atoms with Gasteiger partial charge in [-0.1, -0.05) is 16.8 Å². The maximum Gasteiger partial charge on any atom is 0.352 e. The normalized spacial score (nSPS) is 11.6. The molecule has 0 aliphatic heterocycles. The summed E-state index contributed by atoms with van der Waals surface area (Å²) in [7, 11) is -2.61. The Hall–Kier alpha value is -2.83. The van der Waals surface area contributed by atoms with E-state index < -0.39 is 21.6 Å². The Morgan fingerprint density at radius 2 is 2.04 bits per heavy atom. The van der Waals surface area contributed by atoms with Crippen LogP contribution < -0.4 is 16.1 Å². The van der Waals surface area contributed by atoms with Gasteiger partial charge < -0.3 is 5.32 Å². The highest BCUT2D eigenvalue weighted by Crippen LogP contribution is 2.22. The van der Waals surface area contributed by atoms with Crippen LogP contribution in [0.1, 0.15) is 10.5 Å². The number of hydrogen-bond donors (Lipinski definition) is 2. The van der Waals surface area contributed by atoms with Gasteiger partial charge in [-0.3, -0.25) is 4.79 Å². The highest BCUT2D eigenvalue weighted by Gasteiger charge is 2.18. The third-order valence-electron chi connectivity index (χ3n) is 3.17. The minimum Gasteiger partial charge on any atom is -0.320 e. The number of sulfonamides is 1. The summed E-state index contributed by atoms with van der Waals surface area (Å²) in [5, 5.41) is 14.9. The maximum atomic E-state index is 12.4. The fraction of sp³-hybridized carbons (Fsp3) is 0.0833. The standard InChI is InChI=1S/C12H10ClN7O4S/c1-19-12(22)20-5-15-9(10(20)17-18-19)11(21)16-7-2-6(13)3-8(4-7)25(14,23)24/h2-5H,1H3,(H,16,21)(H2,14,23,24). The van der Waals surface area contributed by atoms with Gasteiger partial charge in [0.1, 0.15) is 6.33 Å². The Morgan fingerprint density at radius 1 is 1.32 bits per heavy atom. The molecule has 0 bridgehead atoms. The fourth-order valence-electron chi connectivity index (χ4n) is 2.03. The van der Waals surface area contributed by atoms with Crippen LogP contribution in [0, 0.1) is 0 Å². The number of imidazole rings is 1. The van der Waals surface area contributed by atoms with Crippen molar-refractivity contribution in [2.75, 3.05) is 5.32 Å². The van der Waals surface area contributed by atoms with E-state index in [1.807, 2.05) is 0 Å². The molecular formula is C12H10ClN7O4S. The average Bonchev–Trinajstić information content (AvgIpc) is 2.94. The minimum absolute atomic E-state index is 0.0469. The van der Waals surface area contributed by atoms with Crippen molar-refractivity contribution < 1.29 is 13.2 Å². The topological polar surface area (TPSA) is 154 Å². The molecule has 0 saturated heterocycles. The Labute approximate surface area is 145 Å². The summed E-state index contributed by atoms with van der Waals surface area (Å²) in [4.78, 5) is 27.8. The number of amides is 1. The average molecular weight is 384 g/mol. The van der Waals surface area contributed by atoms with E-state index in [0.717, 1.165) is 27.5 Å². The SMILES string of the molecule is Cn1nnc2c(C(=O)Nc3cc(Cl)cc(S(N)(=O)=O)c3)ncn2c1=O. The van der Waals surface area contributed by atoms with Crippen molar-refractivity contribution in [3.05, 3.63) is 45.7 Å². The Morgan fingerprint density at radius 3 is 2.72 bits per heavy atom. The van der Waals surface area contributed by atoms with Crippen LogP contribution in [0.5, 0.6) is 0 Å². The van der Waals surface area contributed by atoms with Gasteiger partial charge in [-0.25, -0.2) is 27.7 Å². The first-order chi connectivity index (χ1) is 11.7. The smallest absolute Gasteiger partial charge is 0.320 e. The first kappa shape index (κ1) is 17.0. The van der Waals surface area contributed by atoms with Gasteiger partial charge >= 0.3 is 5.69 Å². The molecule has 13 heteroatoms. The summed E-state index contributed by atoms with van der Waals surface area (Å²) >= 11 is 5.84. The molecule has 130 valence electrons. The van der Waals surface area contributed by atoms with Gasteiger partial charge in [0.05, 0.1) is 4.90 Å². The molecule has 0 radical (unpaired) electrons. The number of carbonyl (C=O) groups excluding carboxylic acids is 1. The molecule has 0 unspecified atom stereocenters. The van der Waals surface area contributed by atoms with E-state index in [-0.39, 0.29) is 26.9 Å². The molecule has 11 nitrogen and oxygen atoms in total. The second-order valence-corrected chi connectivity index (χ2v) is 6.96. The second kappa shape index (κ2) is 5.91. The van der Waals surface area contributed by atoms with Gasteiger partial charge in [-0.15, -0.1) is 5.10 Å². The van der Waals surface area contributed by atoms with Gasteiger partial charge in [0.2, 0.25) is 10.0 Å². The molecule has 3 rings (SSSR count). The lowest BCUT2D eigenvalue weighted by Crippen LogP contribution is -2.27. The number of benzene rings is 1. The second-order valence-electron chi connectivity index (χ2n) is 4.96. The molecule has 0 aliphatic rings. The third-order valence-corrected chi connectivity index (χ3v) is 4.28. The predicted octanol–water partition coefficient (Wildman–Crippen LogP) is -0.624. The van der Waals surface area contributed by atoms with E-state index in [1.54, 1.807) is 0 Å². The molecule has 0 saturated carbocycles. The van der Waals surface area contributed by atoms with Gasteiger partial charge in [0.25, 0.3) is 5.91 Å². The van der Waals surface area contributed by atoms with E-state index in [1.165, 1.54) is 13.1 Å². The quantitative estimate of drug-likeness (QED) is 0.610. The van der Waals surface area contributed by atoms with Crippen LogP contribution in [0.2, 0.25) is 5.02 Å². The summed E-state index contributed by atoms with van der Waals surface area (Å²) in [6, 6.07) is 3.62. The van der Waals surface area contributed by atoms with Gasteiger partial charge in [0.15, 0.2) is 11.3 Å². The van der Waals surface area contributed by atoms with Crippen LogP contribution in [-0.2, 0) is 17.1 Å². The fourth-order valence-corrected chi connectivity index (χ4v) is 2.91. The largest absolute Gasteiger partial charge is 0.352 e. The zero-order valence-corrected chi connectivity index (χ0v) is 14.1. The predicted molar refractivity (Wildman–Crippen MR) is 86.8 cm³/mol. The number of carbonyl (C=O) groups is 1. The van der Waals surface area contributed by atoms with E-state index in [9.17, 15) is 18.0 Å². The number of nitrogens with zero attached hydrogens (tertiary/aromatic N) is 5. The zero-order chi connectivity index (χ0) is 18.4. The zero-order valence-electron chi connectivity index (χ0n) is 12.5. The highest BCUT2D eigenvalue weighted by atomic mass is 35.5. The summed E-state index contributed by atoms with van der Waals surface area (Å²) in [6.07, 6.45) is 1.13. The summed E-state index contributed by atoms with van der Waals surface area (Å²) in [5.41, 5.74) is -0.660. The number of anilines is 1. The number of hydrogen-bond acceptors (Lipinski definition) is 7. The van der Waals surface area contributed by atoms with Crippen molar-refractivity contribution in [1.82, 2.24) is 24.4 Å². The van der Waals surface area contributed by atoms with E-state index >= 15 is 0 Å². The van der Waals surface area contributed by atoms with Gasteiger partial charge in [0, 0.05) is 17.8 Å². The molecule has 0 aliphatic carbocycles. The van der Waals surface area contributed by atoms with E-state index in [0.29, 0.717) is 0 Å². The molecule has 3 aromatic rings. The van der Waals surface area contributed by atoms with Crippen molar-refractivity contribution in [3.8, 4) is 0 Å². The number of halogens is 1. The van der Waals surface area contributed by atoms with Crippen LogP contribution >= 0.6 is 11.6 Å². The molecule has 2 aromatic heterocycles. The van der Waals surface area contributed by atoms with Crippen LogP contribution in [0.25, 0.3) is 5.65 Å². The molecule has 25 heavy (non-hydrogen) atoms. The highest BCUT2D eigenvalue weighted by molar-refractivity contribution is 7.89. The summed E-state index contributed by atoms with van der Waals surface area (Å²) in [5.74, 6) is -0.729. The van der Waals surface area contributed by atoms with Crippen molar-refractivity contribution in [2.24, 2.45) is 12.2 Å². The maximum absolute atomic E-state index is 12.4. The first-order valence-electron chi connectivity index (χ1n) is 6.58. The number of nitrogens with two attached hydrogens (primary N) is 1. The summed E-state index contributed by atoms with van der Waals surface area (Å²) in [6.45, 7) is 0. The molecule has 0 spiro atoms. The Balaban J connectivity index is 2.00.